The number of hydrogen-bond acceptors (Lipinski definition) is 2. The minimum atomic E-state index is -0.942. The number of rotatable bonds is 1. The Morgan fingerprint density at radius 2 is 2.30 bits per heavy atom. The maximum atomic E-state index is 10.2. The molecule has 1 radical (unpaired) electrons. The van der Waals surface area contributed by atoms with E-state index in [1.807, 2.05) is 0 Å². The fourth-order valence-electron chi connectivity index (χ4n) is 0.489. The molecule has 0 aliphatic carbocycles. The molecule has 0 saturated carbocycles. The van der Waals surface area contributed by atoms with E-state index in [-0.39, 0.29) is 24.1 Å². The third kappa shape index (κ3) is 2.21. The Hall–Kier alpha value is -0.796. The van der Waals surface area contributed by atoms with Crippen molar-refractivity contribution in [3.05, 3.63) is 30.1 Å². The monoisotopic (exact) mass is 174 g/mol. The molecule has 0 atom stereocenters. The van der Waals surface area contributed by atoms with Crippen LogP contribution in [0.4, 0.5) is 0 Å². The standard InChI is InChI=1S/C6H5NO2.V/c8-6(9)5-2-1-3-7-4-5;/h1-4H,(H,8,9);. The average Bonchev–Trinajstić information content (AvgIpc) is 1.90. The van der Waals surface area contributed by atoms with Crippen LogP contribution in [0.15, 0.2) is 24.5 Å². The third-order valence-electron chi connectivity index (χ3n) is 0.908. The van der Waals surface area contributed by atoms with Crippen molar-refractivity contribution in [3.63, 3.8) is 0 Å². The molecule has 1 aromatic heterocycles. The Labute approximate surface area is 70.0 Å². The second-order valence-electron chi connectivity index (χ2n) is 1.55. The van der Waals surface area contributed by atoms with Gasteiger partial charge in [-0.25, -0.2) is 4.79 Å². The first-order valence-corrected chi connectivity index (χ1v) is 2.44. The summed E-state index contributed by atoms with van der Waals surface area (Å²) in [5.41, 5.74) is 0.220. The number of aromatic carboxylic acids is 1. The van der Waals surface area contributed by atoms with E-state index in [0.29, 0.717) is 0 Å². The largest absolute Gasteiger partial charge is 0.478 e. The molecule has 0 aliphatic rings. The average molecular weight is 174 g/mol. The molecule has 51 valence electrons. The molecule has 0 amide bonds. The maximum Gasteiger partial charge on any atom is 0.337 e. The van der Waals surface area contributed by atoms with Crippen molar-refractivity contribution in [1.29, 1.82) is 0 Å². The molecule has 0 saturated heterocycles. The number of hydrogen-bond donors (Lipinski definition) is 1. The number of pyridine rings is 1. The third-order valence-corrected chi connectivity index (χ3v) is 0.908. The van der Waals surface area contributed by atoms with Gasteiger partial charge < -0.3 is 5.11 Å². The van der Waals surface area contributed by atoms with E-state index in [4.69, 9.17) is 5.11 Å². The van der Waals surface area contributed by atoms with E-state index in [0.717, 1.165) is 0 Å². The molecule has 3 nitrogen and oxygen atoms in total. The molecular formula is C6H5NO2V. The molecule has 0 bridgehead atoms. The summed E-state index contributed by atoms with van der Waals surface area (Å²) in [5, 5.41) is 8.34. The predicted molar refractivity (Wildman–Crippen MR) is 31.2 cm³/mol. The second-order valence-corrected chi connectivity index (χ2v) is 1.55. The van der Waals surface area contributed by atoms with Crippen LogP contribution in [0.5, 0.6) is 0 Å². The molecular weight excluding hydrogens is 169 g/mol. The van der Waals surface area contributed by atoms with Gasteiger partial charge in [-0.05, 0) is 12.1 Å². The van der Waals surface area contributed by atoms with Gasteiger partial charge in [0.2, 0.25) is 0 Å². The molecule has 1 heterocycles. The molecule has 0 aromatic carbocycles. The minimum Gasteiger partial charge on any atom is -0.478 e. The Balaban J connectivity index is 0.000000810. The van der Waals surface area contributed by atoms with E-state index in [1.54, 1.807) is 6.07 Å². The number of nitrogens with zero attached hydrogens (tertiary/aromatic N) is 1. The summed E-state index contributed by atoms with van der Waals surface area (Å²) in [6.07, 6.45) is 2.84. The van der Waals surface area contributed by atoms with Gasteiger partial charge in [-0.15, -0.1) is 0 Å². The van der Waals surface area contributed by atoms with Crippen molar-refractivity contribution in [3.8, 4) is 0 Å². The molecule has 1 aromatic rings. The summed E-state index contributed by atoms with van der Waals surface area (Å²) < 4.78 is 0. The summed E-state index contributed by atoms with van der Waals surface area (Å²) >= 11 is 0. The number of carboxylic acids is 1. The topological polar surface area (TPSA) is 50.2 Å². The van der Waals surface area contributed by atoms with Gasteiger partial charge in [0.15, 0.2) is 0 Å². The zero-order chi connectivity index (χ0) is 6.69. The van der Waals surface area contributed by atoms with E-state index in [2.05, 4.69) is 4.98 Å². The van der Waals surface area contributed by atoms with Crippen molar-refractivity contribution in [2.45, 2.75) is 0 Å². The van der Waals surface area contributed by atoms with Crippen molar-refractivity contribution in [2.75, 3.05) is 0 Å². The van der Waals surface area contributed by atoms with Gasteiger partial charge in [-0.2, -0.15) is 0 Å². The van der Waals surface area contributed by atoms with Crippen LogP contribution in [0.1, 0.15) is 10.4 Å². The smallest absolute Gasteiger partial charge is 0.337 e. The molecule has 0 aliphatic heterocycles. The first kappa shape index (κ1) is 9.20. The van der Waals surface area contributed by atoms with E-state index in [1.165, 1.54) is 18.5 Å². The Bertz CT molecular complexity index is 212. The van der Waals surface area contributed by atoms with E-state index in [9.17, 15) is 4.79 Å². The summed E-state index contributed by atoms with van der Waals surface area (Å²) in [6.45, 7) is 0. The summed E-state index contributed by atoms with van der Waals surface area (Å²) in [4.78, 5) is 13.8. The number of aromatic nitrogens is 1. The van der Waals surface area contributed by atoms with Gasteiger partial charge in [0, 0.05) is 30.9 Å². The van der Waals surface area contributed by atoms with E-state index < -0.39 is 5.97 Å². The first-order chi connectivity index (χ1) is 4.30. The van der Waals surface area contributed by atoms with Crippen LogP contribution in [0.2, 0.25) is 0 Å². The van der Waals surface area contributed by atoms with Gasteiger partial charge in [0.1, 0.15) is 0 Å². The van der Waals surface area contributed by atoms with Crippen LogP contribution in [0.25, 0.3) is 0 Å². The van der Waals surface area contributed by atoms with Crippen LogP contribution in [-0.2, 0) is 18.6 Å². The summed E-state index contributed by atoms with van der Waals surface area (Å²) in [6, 6.07) is 3.08. The molecule has 0 fully saturated rings. The Morgan fingerprint density at radius 1 is 1.60 bits per heavy atom. The van der Waals surface area contributed by atoms with Gasteiger partial charge in [0.25, 0.3) is 0 Å². The Morgan fingerprint density at radius 3 is 2.60 bits per heavy atom. The van der Waals surface area contributed by atoms with Crippen LogP contribution in [-0.4, -0.2) is 16.1 Å². The van der Waals surface area contributed by atoms with Crippen LogP contribution < -0.4 is 0 Å². The summed E-state index contributed by atoms with van der Waals surface area (Å²) in [7, 11) is 0. The minimum absolute atomic E-state index is 0. The van der Waals surface area contributed by atoms with Gasteiger partial charge in [-0.3, -0.25) is 4.98 Å². The zero-order valence-electron chi connectivity index (χ0n) is 5.06. The van der Waals surface area contributed by atoms with Gasteiger partial charge >= 0.3 is 5.97 Å². The fraction of sp³-hybridized carbons (Fsp3) is 0. The first-order valence-electron chi connectivity index (χ1n) is 2.44. The molecule has 0 spiro atoms. The van der Waals surface area contributed by atoms with Crippen LogP contribution in [0, 0.1) is 0 Å². The maximum absolute atomic E-state index is 10.2. The second kappa shape index (κ2) is 4.09. The summed E-state index contributed by atoms with van der Waals surface area (Å²) in [5.74, 6) is -0.942. The fourth-order valence-corrected chi connectivity index (χ4v) is 0.489. The van der Waals surface area contributed by atoms with Crippen molar-refractivity contribution in [1.82, 2.24) is 4.98 Å². The SMILES string of the molecule is O=C(O)c1cccnc1.[V]. The molecule has 0 unspecified atom stereocenters. The van der Waals surface area contributed by atoms with Crippen molar-refractivity contribution in [2.24, 2.45) is 0 Å². The Kier molecular flexibility index (Phi) is 3.76. The number of carboxylic acid groups (broad SMARTS) is 1. The molecule has 1 rings (SSSR count). The molecule has 4 heteroatoms. The molecule has 10 heavy (non-hydrogen) atoms. The molecule has 1 N–H and O–H groups in total. The van der Waals surface area contributed by atoms with Crippen LogP contribution in [0.3, 0.4) is 0 Å². The number of carbonyl (C=O) groups is 1. The van der Waals surface area contributed by atoms with Gasteiger partial charge in [0.05, 0.1) is 5.56 Å². The van der Waals surface area contributed by atoms with E-state index >= 15 is 0 Å². The van der Waals surface area contributed by atoms with Gasteiger partial charge in [-0.1, -0.05) is 0 Å². The van der Waals surface area contributed by atoms with Crippen molar-refractivity contribution >= 4 is 5.97 Å². The zero-order valence-corrected chi connectivity index (χ0v) is 6.46. The normalized spacial score (nSPS) is 8.00. The predicted octanol–water partition coefficient (Wildman–Crippen LogP) is 0.777. The van der Waals surface area contributed by atoms with Crippen molar-refractivity contribution < 1.29 is 28.5 Å². The van der Waals surface area contributed by atoms with Crippen LogP contribution >= 0.6 is 0 Å². The quantitative estimate of drug-likeness (QED) is 0.684.